The van der Waals surface area contributed by atoms with Gasteiger partial charge in [0.25, 0.3) is 0 Å². The van der Waals surface area contributed by atoms with Crippen LogP contribution in [0.4, 0.5) is 13.2 Å². The zero-order valence-electron chi connectivity index (χ0n) is 9.48. The van der Waals surface area contributed by atoms with E-state index in [0.717, 1.165) is 25.8 Å². The van der Waals surface area contributed by atoms with Crippen molar-refractivity contribution in [2.75, 3.05) is 19.7 Å². The van der Waals surface area contributed by atoms with Crippen LogP contribution in [0.3, 0.4) is 0 Å². The van der Waals surface area contributed by atoms with E-state index >= 15 is 0 Å². The summed E-state index contributed by atoms with van der Waals surface area (Å²) < 4.78 is 38.4. The van der Waals surface area contributed by atoms with E-state index in [1.807, 2.05) is 0 Å². The third-order valence-corrected chi connectivity index (χ3v) is 2.51. The third kappa shape index (κ3) is 6.48. The van der Waals surface area contributed by atoms with Crippen molar-refractivity contribution < 1.29 is 22.7 Å². The third-order valence-electron chi connectivity index (χ3n) is 2.51. The monoisotopic (exact) mass is 254 g/mol. The normalized spacial score (nSPS) is 21.2. The molecule has 1 rings (SSSR count). The van der Waals surface area contributed by atoms with Crippen molar-refractivity contribution in [1.29, 1.82) is 0 Å². The summed E-state index contributed by atoms with van der Waals surface area (Å²) in [5.74, 6) is -0.142. The molecule has 1 fully saturated rings. The summed E-state index contributed by atoms with van der Waals surface area (Å²) >= 11 is 0. The molecule has 17 heavy (non-hydrogen) atoms. The van der Waals surface area contributed by atoms with Gasteiger partial charge in [-0.3, -0.25) is 9.53 Å². The van der Waals surface area contributed by atoms with Crippen LogP contribution in [-0.4, -0.2) is 38.0 Å². The molecule has 100 valence electrons. The first kappa shape index (κ1) is 14.2. The molecule has 7 heteroatoms. The Morgan fingerprint density at radius 3 is 2.76 bits per heavy atom. The van der Waals surface area contributed by atoms with Gasteiger partial charge < -0.3 is 10.6 Å². The van der Waals surface area contributed by atoms with Crippen LogP contribution in [0.5, 0.6) is 0 Å². The largest absolute Gasteiger partial charge is 0.522 e. The van der Waals surface area contributed by atoms with E-state index in [1.54, 1.807) is 0 Å². The van der Waals surface area contributed by atoms with Crippen LogP contribution >= 0.6 is 0 Å². The topological polar surface area (TPSA) is 50.4 Å². The molecule has 0 bridgehead atoms. The molecular formula is C10H17F3N2O2. The van der Waals surface area contributed by atoms with E-state index in [2.05, 4.69) is 15.4 Å². The molecule has 1 saturated heterocycles. The number of carbonyl (C=O) groups excluding carboxylic acids is 1. The molecule has 0 aliphatic carbocycles. The molecule has 1 unspecified atom stereocenters. The predicted molar refractivity (Wildman–Crippen MR) is 55.3 cm³/mol. The lowest BCUT2D eigenvalue weighted by Gasteiger charge is -2.22. The Bertz CT molecular complexity index is 240. The minimum Gasteiger partial charge on any atom is -0.355 e. The van der Waals surface area contributed by atoms with Crippen LogP contribution in [0, 0.1) is 0 Å². The van der Waals surface area contributed by atoms with E-state index in [1.165, 1.54) is 0 Å². The summed E-state index contributed by atoms with van der Waals surface area (Å²) in [7, 11) is 0. The lowest BCUT2D eigenvalue weighted by Crippen LogP contribution is -2.46. The highest BCUT2D eigenvalue weighted by molar-refractivity contribution is 5.81. The first-order valence-electron chi connectivity index (χ1n) is 5.71. The van der Waals surface area contributed by atoms with Crippen LogP contribution in [0.2, 0.25) is 0 Å². The lowest BCUT2D eigenvalue weighted by atomic mass is 10.0. The maximum atomic E-state index is 11.6. The molecule has 4 nitrogen and oxygen atoms in total. The Kier molecular flexibility index (Phi) is 5.70. The maximum absolute atomic E-state index is 11.6. The molecule has 0 aromatic rings. The average Bonchev–Trinajstić information content (AvgIpc) is 2.28. The molecule has 1 heterocycles. The molecular weight excluding hydrogens is 237 g/mol. The van der Waals surface area contributed by atoms with E-state index in [4.69, 9.17) is 0 Å². The number of hydrogen-bond acceptors (Lipinski definition) is 3. The van der Waals surface area contributed by atoms with Crippen LogP contribution in [-0.2, 0) is 9.53 Å². The van der Waals surface area contributed by atoms with Gasteiger partial charge in [-0.25, -0.2) is 0 Å². The molecule has 1 amide bonds. The quantitative estimate of drug-likeness (QED) is 0.724. The highest BCUT2D eigenvalue weighted by Crippen LogP contribution is 2.15. The fourth-order valence-corrected chi connectivity index (χ4v) is 1.67. The molecule has 2 N–H and O–H groups in total. The Morgan fingerprint density at radius 1 is 1.41 bits per heavy atom. The van der Waals surface area contributed by atoms with Crippen LogP contribution in [0.15, 0.2) is 0 Å². The second-order valence-electron chi connectivity index (χ2n) is 3.94. The highest BCUT2D eigenvalue weighted by atomic mass is 19.4. The van der Waals surface area contributed by atoms with Gasteiger partial charge in [-0.05, 0) is 25.8 Å². The fourth-order valence-electron chi connectivity index (χ4n) is 1.67. The molecule has 0 aromatic heterocycles. The summed E-state index contributed by atoms with van der Waals surface area (Å²) in [5, 5.41) is 5.65. The standard InChI is InChI=1S/C10H17F3N2O2/c11-10(12,13)17-7-3-6-15-9(16)8-4-1-2-5-14-8/h8,14H,1-7H2,(H,15,16). The number of halogens is 3. The van der Waals surface area contributed by atoms with Crippen LogP contribution in [0.1, 0.15) is 25.7 Å². The van der Waals surface area contributed by atoms with Crippen molar-refractivity contribution in [2.45, 2.75) is 38.1 Å². The molecule has 0 radical (unpaired) electrons. The zero-order chi connectivity index (χ0) is 12.7. The number of amides is 1. The molecule has 1 atom stereocenters. The number of rotatable bonds is 5. The Morgan fingerprint density at radius 2 is 2.18 bits per heavy atom. The Hall–Kier alpha value is -0.820. The van der Waals surface area contributed by atoms with Crippen molar-refractivity contribution >= 4 is 5.91 Å². The van der Waals surface area contributed by atoms with Gasteiger partial charge in [0.2, 0.25) is 5.91 Å². The Labute approximate surface area is 97.9 Å². The Balaban J connectivity index is 2.04. The maximum Gasteiger partial charge on any atom is 0.522 e. The SMILES string of the molecule is O=C(NCCCOC(F)(F)F)C1CCCCN1. The molecule has 1 aliphatic heterocycles. The summed E-state index contributed by atoms with van der Waals surface area (Å²) in [6.45, 7) is 0.588. The molecule has 0 aromatic carbocycles. The molecule has 0 saturated carbocycles. The van der Waals surface area contributed by atoms with Gasteiger partial charge in [-0.1, -0.05) is 6.42 Å². The highest BCUT2D eigenvalue weighted by Gasteiger charge is 2.28. The van der Waals surface area contributed by atoms with Gasteiger partial charge in [-0.15, -0.1) is 13.2 Å². The second-order valence-corrected chi connectivity index (χ2v) is 3.94. The van der Waals surface area contributed by atoms with E-state index < -0.39 is 13.0 Å². The van der Waals surface area contributed by atoms with Crippen LogP contribution < -0.4 is 10.6 Å². The minimum atomic E-state index is -4.59. The van der Waals surface area contributed by atoms with Gasteiger partial charge in [0.15, 0.2) is 0 Å². The molecule has 1 aliphatic rings. The molecule has 0 spiro atoms. The van der Waals surface area contributed by atoms with Crippen molar-refractivity contribution in [3.05, 3.63) is 0 Å². The van der Waals surface area contributed by atoms with Gasteiger partial charge in [0.1, 0.15) is 0 Å². The summed E-state index contributed by atoms with van der Waals surface area (Å²) in [5.41, 5.74) is 0. The van der Waals surface area contributed by atoms with Gasteiger partial charge in [0, 0.05) is 6.54 Å². The predicted octanol–water partition coefficient (Wildman–Crippen LogP) is 1.17. The lowest BCUT2D eigenvalue weighted by molar-refractivity contribution is -0.324. The van der Waals surface area contributed by atoms with Crippen molar-refractivity contribution in [1.82, 2.24) is 10.6 Å². The van der Waals surface area contributed by atoms with Crippen molar-refractivity contribution in [3.63, 3.8) is 0 Å². The summed E-state index contributed by atoms with van der Waals surface area (Å²) in [6, 6.07) is -0.202. The van der Waals surface area contributed by atoms with Crippen molar-refractivity contribution in [2.24, 2.45) is 0 Å². The first-order valence-corrected chi connectivity index (χ1v) is 5.71. The number of ether oxygens (including phenoxy) is 1. The van der Waals surface area contributed by atoms with Crippen molar-refractivity contribution in [3.8, 4) is 0 Å². The average molecular weight is 254 g/mol. The second kappa shape index (κ2) is 6.80. The fraction of sp³-hybridized carbons (Fsp3) is 0.900. The van der Waals surface area contributed by atoms with E-state index in [0.29, 0.717) is 0 Å². The number of hydrogen-bond donors (Lipinski definition) is 2. The van der Waals surface area contributed by atoms with Gasteiger partial charge in [-0.2, -0.15) is 0 Å². The summed E-state index contributed by atoms with van der Waals surface area (Å²) in [4.78, 5) is 11.5. The zero-order valence-corrected chi connectivity index (χ0v) is 9.48. The number of alkyl halides is 3. The smallest absolute Gasteiger partial charge is 0.355 e. The minimum absolute atomic E-state index is 0.142. The number of nitrogens with one attached hydrogen (secondary N) is 2. The first-order chi connectivity index (χ1) is 7.99. The van der Waals surface area contributed by atoms with E-state index in [-0.39, 0.29) is 24.9 Å². The van der Waals surface area contributed by atoms with Gasteiger partial charge >= 0.3 is 6.36 Å². The van der Waals surface area contributed by atoms with Crippen LogP contribution in [0.25, 0.3) is 0 Å². The van der Waals surface area contributed by atoms with Gasteiger partial charge in [0.05, 0.1) is 12.6 Å². The summed E-state index contributed by atoms with van der Waals surface area (Å²) in [6.07, 6.45) is -1.59. The number of piperidine rings is 1. The van der Waals surface area contributed by atoms with E-state index in [9.17, 15) is 18.0 Å². The number of carbonyl (C=O) groups is 1.